The highest BCUT2D eigenvalue weighted by atomic mass is 16.1. The summed E-state index contributed by atoms with van der Waals surface area (Å²) in [6.07, 6.45) is 6.98. The standard InChI is InChI=1S/C25H26N2O/c1-4-12-20(5-2)17-18-27-24(22-15-10-7-11-16-22)26-19(3)23(25(27)28)21-13-8-6-9-14-21/h4-16H,17-18H2,1-3H3/b12-4-,20-5+. The molecule has 3 heteroatoms. The molecule has 3 nitrogen and oxygen atoms in total. The van der Waals surface area contributed by atoms with E-state index in [1.165, 1.54) is 5.57 Å². The molecule has 0 saturated carbocycles. The number of aromatic nitrogens is 2. The highest BCUT2D eigenvalue weighted by Crippen LogP contribution is 2.23. The van der Waals surface area contributed by atoms with E-state index in [4.69, 9.17) is 4.98 Å². The van der Waals surface area contributed by atoms with Gasteiger partial charge in [-0.3, -0.25) is 9.36 Å². The summed E-state index contributed by atoms with van der Waals surface area (Å²) < 4.78 is 1.82. The third kappa shape index (κ3) is 4.20. The molecule has 0 saturated heterocycles. The zero-order valence-electron chi connectivity index (χ0n) is 16.7. The van der Waals surface area contributed by atoms with Crippen molar-refractivity contribution in [2.24, 2.45) is 0 Å². The molecule has 2 aromatic carbocycles. The van der Waals surface area contributed by atoms with Crippen molar-refractivity contribution in [3.8, 4) is 22.5 Å². The third-order valence-electron chi connectivity index (χ3n) is 4.82. The normalized spacial score (nSPS) is 11.9. The predicted octanol–water partition coefficient (Wildman–Crippen LogP) is 5.80. The maximum absolute atomic E-state index is 13.5. The van der Waals surface area contributed by atoms with Crippen LogP contribution < -0.4 is 5.56 Å². The first-order chi connectivity index (χ1) is 13.7. The highest BCUT2D eigenvalue weighted by molar-refractivity contribution is 5.67. The van der Waals surface area contributed by atoms with Crippen LogP contribution in [0, 0.1) is 6.92 Å². The van der Waals surface area contributed by atoms with Gasteiger partial charge in [0.15, 0.2) is 0 Å². The van der Waals surface area contributed by atoms with Crippen LogP contribution in [0.4, 0.5) is 0 Å². The lowest BCUT2D eigenvalue weighted by Crippen LogP contribution is -2.26. The fourth-order valence-electron chi connectivity index (χ4n) is 3.39. The summed E-state index contributed by atoms with van der Waals surface area (Å²) in [5.74, 6) is 0.721. The van der Waals surface area contributed by atoms with Crippen LogP contribution in [0.25, 0.3) is 22.5 Å². The number of allylic oxidation sites excluding steroid dienone is 4. The minimum atomic E-state index is 0.00786. The number of hydrogen-bond donors (Lipinski definition) is 0. The van der Waals surface area contributed by atoms with Crippen molar-refractivity contribution in [1.82, 2.24) is 9.55 Å². The van der Waals surface area contributed by atoms with Gasteiger partial charge in [-0.05, 0) is 32.8 Å². The molecule has 0 aliphatic carbocycles. The van der Waals surface area contributed by atoms with Crippen LogP contribution in [-0.2, 0) is 6.54 Å². The first kappa shape index (κ1) is 19.6. The van der Waals surface area contributed by atoms with E-state index in [1.807, 2.05) is 92.1 Å². The number of nitrogens with zero attached hydrogens (tertiary/aromatic N) is 2. The second-order valence-electron chi connectivity index (χ2n) is 6.70. The maximum Gasteiger partial charge on any atom is 0.261 e. The topological polar surface area (TPSA) is 34.9 Å². The van der Waals surface area contributed by atoms with Gasteiger partial charge in [0, 0.05) is 12.1 Å². The van der Waals surface area contributed by atoms with E-state index in [0.29, 0.717) is 12.1 Å². The molecule has 1 aromatic heterocycles. The van der Waals surface area contributed by atoms with Crippen molar-refractivity contribution >= 4 is 0 Å². The second-order valence-corrected chi connectivity index (χ2v) is 6.70. The zero-order chi connectivity index (χ0) is 19.9. The van der Waals surface area contributed by atoms with Crippen LogP contribution in [-0.4, -0.2) is 9.55 Å². The fourth-order valence-corrected chi connectivity index (χ4v) is 3.39. The molecule has 142 valence electrons. The molecular formula is C25H26N2O. The van der Waals surface area contributed by atoms with Gasteiger partial charge in [-0.25, -0.2) is 4.98 Å². The summed E-state index contributed by atoms with van der Waals surface area (Å²) in [6, 6.07) is 19.7. The largest absolute Gasteiger partial charge is 0.292 e. The summed E-state index contributed by atoms with van der Waals surface area (Å²) in [5, 5.41) is 0. The van der Waals surface area contributed by atoms with E-state index in [1.54, 1.807) is 0 Å². The maximum atomic E-state index is 13.5. The van der Waals surface area contributed by atoms with Gasteiger partial charge in [-0.1, -0.05) is 84.5 Å². The SMILES string of the molecule is C/C=C\C(=C/C)CCn1c(-c2ccccc2)nc(C)c(-c2ccccc2)c1=O. The average molecular weight is 370 g/mol. The predicted molar refractivity (Wildman–Crippen MR) is 117 cm³/mol. The highest BCUT2D eigenvalue weighted by Gasteiger charge is 2.16. The van der Waals surface area contributed by atoms with Crippen molar-refractivity contribution in [2.45, 2.75) is 33.7 Å². The monoisotopic (exact) mass is 370 g/mol. The van der Waals surface area contributed by atoms with Gasteiger partial charge in [0.1, 0.15) is 5.82 Å². The molecule has 0 unspecified atom stereocenters. The molecule has 0 radical (unpaired) electrons. The van der Waals surface area contributed by atoms with Crippen LogP contribution in [0.1, 0.15) is 26.0 Å². The molecule has 1 heterocycles. The number of aryl methyl sites for hydroxylation is 1. The van der Waals surface area contributed by atoms with Crippen LogP contribution >= 0.6 is 0 Å². The van der Waals surface area contributed by atoms with Crippen molar-refractivity contribution < 1.29 is 0 Å². The van der Waals surface area contributed by atoms with E-state index in [-0.39, 0.29) is 5.56 Å². The molecule has 0 spiro atoms. The van der Waals surface area contributed by atoms with Gasteiger partial charge in [0.2, 0.25) is 0 Å². The lowest BCUT2D eigenvalue weighted by molar-refractivity contribution is 0.664. The van der Waals surface area contributed by atoms with Gasteiger partial charge in [-0.2, -0.15) is 0 Å². The minimum Gasteiger partial charge on any atom is -0.292 e. The Hall–Kier alpha value is -3.20. The zero-order valence-corrected chi connectivity index (χ0v) is 16.7. The van der Waals surface area contributed by atoms with Crippen LogP contribution in [0.3, 0.4) is 0 Å². The molecule has 0 N–H and O–H groups in total. The number of hydrogen-bond acceptors (Lipinski definition) is 2. The van der Waals surface area contributed by atoms with E-state index < -0.39 is 0 Å². The summed E-state index contributed by atoms with van der Waals surface area (Å²) in [6.45, 7) is 6.53. The molecule has 3 rings (SSSR count). The summed E-state index contributed by atoms with van der Waals surface area (Å²) in [7, 11) is 0. The quantitative estimate of drug-likeness (QED) is 0.514. The van der Waals surface area contributed by atoms with E-state index in [2.05, 4.69) is 12.2 Å². The average Bonchev–Trinajstić information content (AvgIpc) is 2.73. The molecule has 0 aliphatic rings. The van der Waals surface area contributed by atoms with Crippen molar-refractivity contribution in [3.05, 3.63) is 101 Å². The molecule has 0 aliphatic heterocycles. The Morgan fingerprint density at radius 2 is 1.57 bits per heavy atom. The van der Waals surface area contributed by atoms with Crippen molar-refractivity contribution in [1.29, 1.82) is 0 Å². The molecule has 3 aromatic rings. The minimum absolute atomic E-state index is 0.00786. The lowest BCUT2D eigenvalue weighted by atomic mass is 10.0. The Morgan fingerprint density at radius 1 is 0.964 bits per heavy atom. The van der Waals surface area contributed by atoms with Crippen molar-refractivity contribution in [2.75, 3.05) is 0 Å². The van der Waals surface area contributed by atoms with Crippen LogP contribution in [0.15, 0.2) is 89.3 Å². The Kier molecular flexibility index (Phi) is 6.38. The first-order valence-electron chi connectivity index (χ1n) is 9.66. The number of benzene rings is 2. The number of rotatable bonds is 6. The molecule has 0 bridgehead atoms. The van der Waals surface area contributed by atoms with Crippen LogP contribution in [0.5, 0.6) is 0 Å². The summed E-state index contributed by atoms with van der Waals surface area (Å²) in [5.41, 5.74) is 4.50. The molecule has 0 fully saturated rings. The Balaban J connectivity index is 2.16. The smallest absolute Gasteiger partial charge is 0.261 e. The van der Waals surface area contributed by atoms with Gasteiger partial charge in [0.25, 0.3) is 5.56 Å². The van der Waals surface area contributed by atoms with Gasteiger partial charge in [-0.15, -0.1) is 0 Å². The Bertz CT molecular complexity index is 1050. The van der Waals surface area contributed by atoms with Gasteiger partial charge < -0.3 is 0 Å². The third-order valence-corrected chi connectivity index (χ3v) is 4.82. The Labute approximate surface area is 166 Å². The fraction of sp³-hybridized carbons (Fsp3) is 0.200. The lowest BCUT2D eigenvalue weighted by Gasteiger charge is -2.16. The first-order valence-corrected chi connectivity index (χ1v) is 9.66. The van der Waals surface area contributed by atoms with Gasteiger partial charge >= 0.3 is 0 Å². The van der Waals surface area contributed by atoms with Gasteiger partial charge in [0.05, 0.1) is 11.3 Å². The van der Waals surface area contributed by atoms with Crippen LogP contribution in [0.2, 0.25) is 0 Å². The van der Waals surface area contributed by atoms with E-state index >= 15 is 0 Å². The summed E-state index contributed by atoms with van der Waals surface area (Å²) >= 11 is 0. The molecular weight excluding hydrogens is 344 g/mol. The molecule has 0 atom stereocenters. The summed E-state index contributed by atoms with van der Waals surface area (Å²) in [4.78, 5) is 18.4. The van der Waals surface area contributed by atoms with E-state index in [0.717, 1.165) is 29.1 Å². The van der Waals surface area contributed by atoms with E-state index in [9.17, 15) is 4.79 Å². The molecule has 28 heavy (non-hydrogen) atoms. The Morgan fingerprint density at radius 3 is 2.14 bits per heavy atom. The molecule has 0 amide bonds. The second kappa shape index (κ2) is 9.14. The van der Waals surface area contributed by atoms with Crippen molar-refractivity contribution in [3.63, 3.8) is 0 Å².